The highest BCUT2D eigenvalue weighted by molar-refractivity contribution is 5.83. The average Bonchev–Trinajstić information content (AvgIpc) is 3.27. The van der Waals surface area contributed by atoms with Gasteiger partial charge in [0.2, 0.25) is 11.8 Å². The van der Waals surface area contributed by atoms with Crippen molar-refractivity contribution in [2.45, 2.75) is 71.5 Å². The number of rotatable bonds is 8. The molecule has 2 N–H and O–H groups in total. The minimum absolute atomic E-state index is 0.0968. The predicted octanol–water partition coefficient (Wildman–Crippen LogP) is 2.59. The first-order valence-electron chi connectivity index (χ1n) is 11.9. The van der Waals surface area contributed by atoms with Crippen LogP contribution >= 0.6 is 0 Å². The van der Waals surface area contributed by atoms with Gasteiger partial charge in [0.15, 0.2) is 5.79 Å². The molecule has 1 aromatic carbocycles. The standard InChI is InChI=1S/C25H37N3O6/c1-24(2)17-33-25(3,4)34-21(24)22(30)26-13-12-20(29)27-15-19-11-8-14-28(19)23(31)32-16-18-9-6-5-7-10-18/h5-7,9-10,19,21H,8,11-17H2,1-4H3,(H,26,30)(H,27,29)/t19?,21-/m0/s1. The minimum Gasteiger partial charge on any atom is -0.445 e. The molecule has 2 fully saturated rings. The molecule has 0 aliphatic carbocycles. The van der Waals surface area contributed by atoms with Gasteiger partial charge in [0, 0.05) is 31.5 Å². The maximum absolute atomic E-state index is 12.7. The summed E-state index contributed by atoms with van der Waals surface area (Å²) in [4.78, 5) is 39.1. The van der Waals surface area contributed by atoms with Crippen molar-refractivity contribution < 1.29 is 28.6 Å². The molecule has 0 radical (unpaired) electrons. The normalized spacial score (nSPS) is 23.2. The predicted molar refractivity (Wildman–Crippen MR) is 126 cm³/mol. The molecule has 2 aliphatic heterocycles. The summed E-state index contributed by atoms with van der Waals surface area (Å²) in [5.41, 5.74) is 0.461. The first kappa shape index (κ1) is 26.0. The lowest BCUT2D eigenvalue weighted by molar-refractivity contribution is -0.304. The largest absolute Gasteiger partial charge is 0.445 e. The van der Waals surface area contributed by atoms with E-state index in [0.717, 1.165) is 18.4 Å². The number of benzene rings is 1. The molecule has 188 valence electrons. The Morgan fingerprint density at radius 3 is 2.59 bits per heavy atom. The van der Waals surface area contributed by atoms with Crippen molar-refractivity contribution in [3.8, 4) is 0 Å². The molecule has 9 nitrogen and oxygen atoms in total. The summed E-state index contributed by atoms with van der Waals surface area (Å²) >= 11 is 0. The van der Waals surface area contributed by atoms with E-state index in [9.17, 15) is 14.4 Å². The fourth-order valence-electron chi connectivity index (χ4n) is 4.12. The quantitative estimate of drug-likeness (QED) is 0.599. The van der Waals surface area contributed by atoms with E-state index < -0.39 is 17.3 Å². The fraction of sp³-hybridized carbons (Fsp3) is 0.640. The lowest BCUT2D eigenvalue weighted by Gasteiger charge is -2.44. The van der Waals surface area contributed by atoms with Crippen molar-refractivity contribution >= 4 is 17.9 Å². The van der Waals surface area contributed by atoms with Crippen LogP contribution in [0.2, 0.25) is 0 Å². The van der Waals surface area contributed by atoms with Gasteiger partial charge in [0.1, 0.15) is 12.7 Å². The van der Waals surface area contributed by atoms with Gasteiger partial charge in [-0.25, -0.2) is 4.79 Å². The Balaban J connectivity index is 1.37. The summed E-state index contributed by atoms with van der Waals surface area (Å²) in [5, 5.41) is 5.67. The van der Waals surface area contributed by atoms with Crippen LogP contribution in [0.4, 0.5) is 4.79 Å². The van der Waals surface area contributed by atoms with Crippen molar-refractivity contribution in [1.82, 2.24) is 15.5 Å². The Labute approximate surface area is 201 Å². The summed E-state index contributed by atoms with van der Waals surface area (Å²) in [5.74, 6) is -1.26. The minimum atomic E-state index is -0.829. The van der Waals surface area contributed by atoms with Crippen LogP contribution in [-0.2, 0) is 30.4 Å². The first-order chi connectivity index (χ1) is 16.1. The molecule has 0 spiro atoms. The summed E-state index contributed by atoms with van der Waals surface area (Å²) < 4.78 is 16.9. The number of likely N-dealkylation sites (tertiary alicyclic amines) is 1. The number of hydrogen-bond acceptors (Lipinski definition) is 6. The number of carbonyl (C=O) groups excluding carboxylic acids is 3. The van der Waals surface area contributed by atoms with Gasteiger partial charge >= 0.3 is 6.09 Å². The lowest BCUT2D eigenvalue weighted by atomic mass is 9.85. The van der Waals surface area contributed by atoms with Crippen molar-refractivity contribution in [3.63, 3.8) is 0 Å². The second-order valence-corrected chi connectivity index (χ2v) is 10.0. The molecule has 0 bridgehead atoms. The van der Waals surface area contributed by atoms with Crippen molar-refractivity contribution in [3.05, 3.63) is 35.9 Å². The molecule has 34 heavy (non-hydrogen) atoms. The number of nitrogens with one attached hydrogen (secondary N) is 2. The molecule has 3 rings (SSSR count). The Bertz CT molecular complexity index is 857. The van der Waals surface area contributed by atoms with Gasteiger partial charge in [-0.3, -0.25) is 9.59 Å². The van der Waals surface area contributed by atoms with E-state index >= 15 is 0 Å². The SMILES string of the molecule is CC1(C)OCC(C)(C)[C@H](C(=O)NCCC(=O)NCC2CCCN2C(=O)OCc2ccccc2)O1. The van der Waals surface area contributed by atoms with Gasteiger partial charge < -0.3 is 29.7 Å². The van der Waals surface area contributed by atoms with E-state index in [1.165, 1.54) is 0 Å². The molecule has 1 unspecified atom stereocenters. The van der Waals surface area contributed by atoms with Crippen LogP contribution in [0.3, 0.4) is 0 Å². The Hall–Kier alpha value is -2.65. The highest BCUT2D eigenvalue weighted by Gasteiger charge is 2.45. The number of nitrogens with zero attached hydrogens (tertiary/aromatic N) is 1. The number of amides is 3. The van der Waals surface area contributed by atoms with Crippen molar-refractivity contribution in [2.24, 2.45) is 5.41 Å². The van der Waals surface area contributed by atoms with E-state index in [1.54, 1.807) is 18.7 Å². The third kappa shape index (κ3) is 7.17. The molecule has 0 aromatic heterocycles. The van der Waals surface area contributed by atoms with Crippen LogP contribution in [0.15, 0.2) is 30.3 Å². The highest BCUT2D eigenvalue weighted by Crippen LogP contribution is 2.34. The van der Waals surface area contributed by atoms with E-state index in [4.69, 9.17) is 14.2 Å². The first-order valence-corrected chi connectivity index (χ1v) is 11.9. The maximum atomic E-state index is 12.7. The zero-order chi connectivity index (χ0) is 24.8. The zero-order valence-electron chi connectivity index (χ0n) is 20.6. The van der Waals surface area contributed by atoms with Crippen LogP contribution in [0.1, 0.15) is 52.5 Å². The lowest BCUT2D eigenvalue weighted by Crippen LogP contribution is -2.56. The van der Waals surface area contributed by atoms with Crippen molar-refractivity contribution in [2.75, 3.05) is 26.2 Å². The molecular formula is C25H37N3O6. The van der Waals surface area contributed by atoms with Gasteiger partial charge in [0.25, 0.3) is 0 Å². The maximum Gasteiger partial charge on any atom is 0.410 e. The van der Waals surface area contributed by atoms with Gasteiger partial charge in [-0.15, -0.1) is 0 Å². The van der Waals surface area contributed by atoms with Crippen LogP contribution in [-0.4, -0.2) is 67.0 Å². The van der Waals surface area contributed by atoms with E-state index in [-0.39, 0.29) is 43.5 Å². The van der Waals surface area contributed by atoms with E-state index in [0.29, 0.717) is 19.7 Å². The van der Waals surface area contributed by atoms with Crippen LogP contribution in [0.25, 0.3) is 0 Å². The molecule has 0 saturated carbocycles. The zero-order valence-corrected chi connectivity index (χ0v) is 20.6. The summed E-state index contributed by atoms with van der Waals surface area (Å²) in [6.45, 7) is 9.19. The molecule has 2 saturated heterocycles. The summed E-state index contributed by atoms with van der Waals surface area (Å²) in [6, 6.07) is 9.43. The van der Waals surface area contributed by atoms with Crippen LogP contribution in [0, 0.1) is 5.41 Å². The molecule has 2 aliphatic rings. The topological polar surface area (TPSA) is 106 Å². The number of hydrogen-bond donors (Lipinski definition) is 2. The van der Waals surface area contributed by atoms with Gasteiger partial charge in [-0.05, 0) is 32.3 Å². The Morgan fingerprint density at radius 1 is 1.12 bits per heavy atom. The molecule has 2 heterocycles. The summed E-state index contributed by atoms with van der Waals surface area (Å²) in [6.07, 6.45) is 0.796. The monoisotopic (exact) mass is 475 g/mol. The van der Waals surface area contributed by atoms with Crippen LogP contribution < -0.4 is 10.6 Å². The van der Waals surface area contributed by atoms with Crippen molar-refractivity contribution in [1.29, 1.82) is 0 Å². The second kappa shape index (κ2) is 11.2. The molecule has 2 atom stereocenters. The molecule has 9 heteroatoms. The van der Waals surface area contributed by atoms with Crippen LogP contribution in [0.5, 0.6) is 0 Å². The number of ether oxygens (including phenoxy) is 3. The average molecular weight is 476 g/mol. The Morgan fingerprint density at radius 2 is 1.85 bits per heavy atom. The third-order valence-corrected chi connectivity index (χ3v) is 6.14. The second-order valence-electron chi connectivity index (χ2n) is 10.0. The third-order valence-electron chi connectivity index (χ3n) is 6.14. The summed E-state index contributed by atoms with van der Waals surface area (Å²) in [7, 11) is 0. The van der Waals surface area contributed by atoms with Gasteiger partial charge in [0.05, 0.1) is 12.6 Å². The fourth-order valence-corrected chi connectivity index (χ4v) is 4.12. The smallest absolute Gasteiger partial charge is 0.410 e. The molecule has 3 amide bonds. The molecule has 1 aromatic rings. The Kier molecular flexibility index (Phi) is 8.54. The number of carbonyl (C=O) groups is 3. The molecular weight excluding hydrogens is 438 g/mol. The highest BCUT2D eigenvalue weighted by atomic mass is 16.7. The van der Waals surface area contributed by atoms with E-state index in [1.807, 2.05) is 44.2 Å². The van der Waals surface area contributed by atoms with E-state index in [2.05, 4.69) is 10.6 Å². The van der Waals surface area contributed by atoms with Gasteiger partial charge in [-0.2, -0.15) is 0 Å². The van der Waals surface area contributed by atoms with Gasteiger partial charge in [-0.1, -0.05) is 44.2 Å².